The first-order valence-corrected chi connectivity index (χ1v) is 9.14. The van der Waals surface area contributed by atoms with E-state index in [1.165, 1.54) is 33.5 Å². The zero-order chi connectivity index (χ0) is 12.1. The van der Waals surface area contributed by atoms with Crippen LogP contribution in [0.3, 0.4) is 0 Å². The summed E-state index contributed by atoms with van der Waals surface area (Å²) in [6.07, 6.45) is 8.06. The lowest BCUT2D eigenvalue weighted by molar-refractivity contribution is 0.444. The van der Waals surface area contributed by atoms with Crippen LogP contribution in [-0.2, 0) is 0 Å². The molecule has 0 aliphatic heterocycles. The molecular weight excluding hydrogens is 454 g/mol. The van der Waals surface area contributed by atoms with Crippen molar-refractivity contribution in [3.8, 4) is 0 Å². The maximum Gasteiger partial charge on any atom is 0.0469 e. The van der Waals surface area contributed by atoms with Gasteiger partial charge in [-0.25, -0.2) is 0 Å². The van der Waals surface area contributed by atoms with E-state index in [1.807, 2.05) is 11.8 Å². The van der Waals surface area contributed by atoms with Crippen LogP contribution in [0.15, 0.2) is 44.2 Å². The second-order valence-corrected chi connectivity index (χ2v) is 8.96. The molecule has 1 saturated carbocycles. The van der Waals surface area contributed by atoms with E-state index in [4.69, 9.17) is 0 Å². The molecular formula is C14H16I2S. The largest absolute Gasteiger partial charge is 0.0838 e. The fourth-order valence-electron chi connectivity index (χ4n) is 2.11. The molecule has 2 atom stereocenters. The van der Waals surface area contributed by atoms with Gasteiger partial charge in [0, 0.05) is 11.7 Å². The molecule has 0 N–H and O–H groups in total. The summed E-state index contributed by atoms with van der Waals surface area (Å²) in [5, 5.41) is 0. The fraction of sp³-hybridized carbons (Fsp3) is 0.429. The lowest BCUT2D eigenvalue weighted by Crippen LogP contribution is -2.16. The molecule has 0 aromatic heterocycles. The molecule has 2 rings (SSSR count). The Kier molecular flexibility index (Phi) is 6.16. The molecule has 1 aromatic carbocycles. The van der Waals surface area contributed by atoms with Crippen LogP contribution < -0.4 is 0 Å². The predicted molar refractivity (Wildman–Crippen MR) is 94.2 cm³/mol. The number of alkyl halides is 1. The molecule has 17 heavy (non-hydrogen) atoms. The highest BCUT2D eigenvalue weighted by Gasteiger charge is 2.20. The first kappa shape index (κ1) is 14.2. The second kappa shape index (κ2) is 7.38. The van der Waals surface area contributed by atoms with Crippen LogP contribution >= 0.6 is 56.9 Å². The van der Waals surface area contributed by atoms with Gasteiger partial charge in [0.05, 0.1) is 0 Å². The van der Waals surface area contributed by atoms with Crippen LogP contribution in [0.1, 0.15) is 25.7 Å². The molecule has 0 spiro atoms. The van der Waals surface area contributed by atoms with Crippen LogP contribution in [0.2, 0.25) is 0 Å². The van der Waals surface area contributed by atoms with E-state index in [1.54, 1.807) is 0 Å². The van der Waals surface area contributed by atoms with E-state index in [9.17, 15) is 0 Å². The van der Waals surface area contributed by atoms with Gasteiger partial charge in [-0.2, -0.15) is 0 Å². The van der Waals surface area contributed by atoms with Crippen molar-refractivity contribution in [2.24, 2.45) is 5.92 Å². The molecule has 92 valence electrons. The Balaban J connectivity index is 1.96. The lowest BCUT2D eigenvalue weighted by Gasteiger charge is -2.24. The zero-order valence-electron chi connectivity index (χ0n) is 9.61. The van der Waals surface area contributed by atoms with Gasteiger partial charge in [-0.15, -0.1) is 0 Å². The summed E-state index contributed by atoms with van der Waals surface area (Å²) in [5.74, 6) is 0.785. The molecule has 1 aliphatic carbocycles. The van der Waals surface area contributed by atoms with Gasteiger partial charge in [0.25, 0.3) is 0 Å². The number of benzene rings is 1. The molecule has 1 aliphatic rings. The summed E-state index contributed by atoms with van der Waals surface area (Å²) in [5.41, 5.74) is 0. The van der Waals surface area contributed by atoms with Crippen molar-refractivity contribution in [3.05, 3.63) is 39.3 Å². The number of thioether (sulfide) groups is 1. The highest BCUT2D eigenvalue weighted by Crippen LogP contribution is 2.37. The highest BCUT2D eigenvalue weighted by molar-refractivity contribution is 14.1. The van der Waals surface area contributed by atoms with E-state index in [0.717, 1.165) is 9.84 Å². The zero-order valence-corrected chi connectivity index (χ0v) is 14.7. The first-order chi connectivity index (χ1) is 8.25. The number of allylic oxidation sites excluding steroid dienone is 1. The molecule has 0 saturated heterocycles. The van der Waals surface area contributed by atoms with Gasteiger partial charge in [-0.05, 0) is 53.5 Å². The lowest BCUT2D eigenvalue weighted by atomic mass is 9.89. The van der Waals surface area contributed by atoms with Crippen molar-refractivity contribution in [2.75, 3.05) is 0 Å². The van der Waals surface area contributed by atoms with Gasteiger partial charge in [0.1, 0.15) is 0 Å². The maximum atomic E-state index is 2.63. The van der Waals surface area contributed by atoms with Crippen LogP contribution in [0.5, 0.6) is 0 Å². The molecule has 0 radical (unpaired) electrons. The Morgan fingerprint density at radius 3 is 2.59 bits per heavy atom. The molecule has 0 amide bonds. The van der Waals surface area contributed by atoms with E-state index in [2.05, 4.69) is 81.6 Å². The summed E-state index contributed by atoms with van der Waals surface area (Å²) in [6, 6.07) is 10.6. The minimum absolute atomic E-state index is 0.785. The number of hydrogen-bond acceptors (Lipinski definition) is 1. The molecule has 2 unspecified atom stereocenters. The number of halogens is 2. The van der Waals surface area contributed by atoms with Crippen molar-refractivity contribution in [2.45, 2.75) is 34.5 Å². The summed E-state index contributed by atoms with van der Waals surface area (Å²) >= 11 is 6.99. The van der Waals surface area contributed by atoms with Crippen molar-refractivity contribution in [1.29, 1.82) is 0 Å². The third kappa shape index (κ3) is 4.74. The average molecular weight is 470 g/mol. The topological polar surface area (TPSA) is 0 Å². The van der Waals surface area contributed by atoms with Crippen LogP contribution in [-0.4, -0.2) is 3.92 Å². The minimum Gasteiger partial charge on any atom is -0.0838 e. The summed E-state index contributed by atoms with van der Waals surface area (Å²) in [6.45, 7) is 0. The molecule has 1 fully saturated rings. The summed E-state index contributed by atoms with van der Waals surface area (Å²) < 4.78 is 2.25. The normalized spacial score (nSPS) is 25.9. The Morgan fingerprint density at radius 2 is 1.88 bits per heavy atom. The summed E-state index contributed by atoms with van der Waals surface area (Å²) in [7, 11) is 0. The minimum atomic E-state index is 0.785. The molecule has 0 nitrogen and oxygen atoms in total. The van der Waals surface area contributed by atoms with Crippen LogP contribution in [0.25, 0.3) is 0 Å². The third-order valence-electron chi connectivity index (χ3n) is 3.04. The van der Waals surface area contributed by atoms with Gasteiger partial charge >= 0.3 is 0 Å². The highest BCUT2D eigenvalue weighted by atomic mass is 127. The van der Waals surface area contributed by atoms with Gasteiger partial charge in [0.2, 0.25) is 0 Å². The van der Waals surface area contributed by atoms with Gasteiger partial charge in [-0.3, -0.25) is 0 Å². The third-order valence-corrected chi connectivity index (χ3v) is 6.44. The molecule has 1 aromatic rings. The van der Waals surface area contributed by atoms with E-state index >= 15 is 0 Å². The summed E-state index contributed by atoms with van der Waals surface area (Å²) in [4.78, 5) is 1.34. The Labute approximate surface area is 135 Å². The van der Waals surface area contributed by atoms with Crippen molar-refractivity contribution < 1.29 is 0 Å². The smallest absolute Gasteiger partial charge is 0.0469 e. The Morgan fingerprint density at radius 1 is 1.18 bits per heavy atom. The van der Waals surface area contributed by atoms with E-state index in [-0.39, 0.29) is 0 Å². The second-order valence-electron chi connectivity index (χ2n) is 4.35. The van der Waals surface area contributed by atoms with E-state index in [0.29, 0.717) is 0 Å². The van der Waals surface area contributed by atoms with Crippen molar-refractivity contribution >= 4 is 56.9 Å². The number of hydrogen-bond donors (Lipinski definition) is 0. The average Bonchev–Trinajstić information content (AvgIpc) is 2.33. The van der Waals surface area contributed by atoms with Crippen LogP contribution in [0, 0.1) is 5.92 Å². The molecule has 0 heterocycles. The first-order valence-electron chi connectivity index (χ1n) is 6.00. The van der Waals surface area contributed by atoms with Gasteiger partial charge in [0.15, 0.2) is 0 Å². The Bertz CT molecular complexity index is 375. The SMILES string of the molecule is I/C(=C\C1CCCCC1I)Sc1ccccc1. The van der Waals surface area contributed by atoms with Crippen molar-refractivity contribution in [3.63, 3.8) is 0 Å². The van der Waals surface area contributed by atoms with Gasteiger partial charge in [-0.1, -0.05) is 71.5 Å². The van der Waals surface area contributed by atoms with Crippen LogP contribution in [0.4, 0.5) is 0 Å². The predicted octanol–water partition coefficient (Wildman–Crippen LogP) is 6.05. The number of rotatable bonds is 3. The Hall–Kier alpha value is 0.770. The standard InChI is InChI=1S/C14H16I2S/c15-13-9-5-4-6-11(13)10-14(16)17-12-7-2-1-3-8-12/h1-3,7-8,10-11,13H,4-6,9H2/b14-10+. The monoisotopic (exact) mass is 470 g/mol. The fourth-order valence-corrected chi connectivity index (χ4v) is 5.10. The maximum absolute atomic E-state index is 2.63. The molecule has 3 heteroatoms. The van der Waals surface area contributed by atoms with Gasteiger partial charge < -0.3 is 0 Å². The molecule has 0 bridgehead atoms. The quantitative estimate of drug-likeness (QED) is 0.295. The van der Waals surface area contributed by atoms with E-state index < -0.39 is 0 Å². The van der Waals surface area contributed by atoms with Crippen molar-refractivity contribution in [1.82, 2.24) is 0 Å².